The van der Waals surface area contributed by atoms with Crippen molar-refractivity contribution in [2.75, 3.05) is 31.1 Å². The third-order valence-corrected chi connectivity index (χ3v) is 8.57. The lowest BCUT2D eigenvalue weighted by Gasteiger charge is -2.27. The van der Waals surface area contributed by atoms with Crippen molar-refractivity contribution in [2.45, 2.75) is 39.0 Å². The Bertz CT molecular complexity index is 1500. The van der Waals surface area contributed by atoms with Crippen LogP contribution in [0.4, 0.5) is 4.79 Å². The molecule has 1 unspecified atom stereocenters. The maximum atomic E-state index is 13.2. The number of amides is 2. The smallest absolute Gasteiger partial charge is 0.321 e. The lowest BCUT2D eigenvalue weighted by Crippen LogP contribution is -2.37. The Labute approximate surface area is 236 Å². The molecule has 0 aliphatic carbocycles. The van der Waals surface area contributed by atoms with E-state index in [9.17, 15) is 18.9 Å². The standard InChI is InChI=1S/C30H33N5O4S/c1-21(2)35-27(19-34(30(35)38)18-26-28(36)29(37)32-20-31-26)25-11-9-23(10-12-25)4-3-22-5-7-24(8-6-22)17-33-13-15-40(39)16-14-33/h5-12,20-21,27,36H,13-19H2,1-2H3,(H,31,32,37). The summed E-state index contributed by atoms with van der Waals surface area (Å²) < 4.78 is 11.6. The zero-order chi connectivity index (χ0) is 28.2. The van der Waals surface area contributed by atoms with Gasteiger partial charge in [-0.3, -0.25) is 13.9 Å². The molecule has 0 bridgehead atoms. The number of hydrogen-bond donors (Lipinski definition) is 2. The molecule has 0 saturated carbocycles. The minimum absolute atomic E-state index is 0.0374. The third-order valence-electron chi connectivity index (χ3n) is 7.30. The van der Waals surface area contributed by atoms with E-state index in [2.05, 4.69) is 38.8 Å². The molecule has 40 heavy (non-hydrogen) atoms. The summed E-state index contributed by atoms with van der Waals surface area (Å²) in [4.78, 5) is 37.1. The number of aromatic amines is 1. The van der Waals surface area contributed by atoms with Crippen molar-refractivity contribution in [1.82, 2.24) is 24.7 Å². The molecule has 2 fully saturated rings. The summed E-state index contributed by atoms with van der Waals surface area (Å²) >= 11 is 0. The van der Waals surface area contributed by atoms with Crippen LogP contribution in [0.5, 0.6) is 5.75 Å². The van der Waals surface area contributed by atoms with E-state index in [-0.39, 0.29) is 30.4 Å². The van der Waals surface area contributed by atoms with Gasteiger partial charge in [-0.1, -0.05) is 36.1 Å². The van der Waals surface area contributed by atoms with Crippen LogP contribution in [0.1, 0.15) is 47.8 Å². The molecular formula is C30H33N5O4S. The van der Waals surface area contributed by atoms with Gasteiger partial charge in [0.05, 0.1) is 18.9 Å². The molecule has 1 atom stereocenters. The lowest BCUT2D eigenvalue weighted by molar-refractivity contribution is 0.171. The number of aromatic hydroxyl groups is 1. The van der Waals surface area contributed by atoms with Crippen molar-refractivity contribution in [3.8, 4) is 17.6 Å². The first kappa shape index (κ1) is 27.6. The maximum absolute atomic E-state index is 13.2. The number of carbonyl (C=O) groups is 1. The number of nitrogens with zero attached hydrogens (tertiary/aromatic N) is 4. The fraction of sp³-hybridized carbons (Fsp3) is 0.367. The van der Waals surface area contributed by atoms with E-state index in [1.807, 2.05) is 55.1 Å². The van der Waals surface area contributed by atoms with E-state index in [4.69, 9.17) is 0 Å². The molecule has 3 heterocycles. The van der Waals surface area contributed by atoms with Crippen molar-refractivity contribution in [1.29, 1.82) is 0 Å². The molecule has 2 aromatic carbocycles. The Morgan fingerprint density at radius 3 is 2.25 bits per heavy atom. The summed E-state index contributed by atoms with van der Waals surface area (Å²) in [6, 6.07) is 15.8. The van der Waals surface area contributed by atoms with Gasteiger partial charge in [-0.2, -0.15) is 0 Å². The van der Waals surface area contributed by atoms with Crippen molar-refractivity contribution < 1.29 is 14.1 Å². The number of aromatic nitrogens is 2. The molecule has 10 heteroatoms. The van der Waals surface area contributed by atoms with Crippen LogP contribution in [0.25, 0.3) is 0 Å². The van der Waals surface area contributed by atoms with Gasteiger partial charge in [-0.25, -0.2) is 9.78 Å². The summed E-state index contributed by atoms with van der Waals surface area (Å²) in [5.74, 6) is 7.50. The van der Waals surface area contributed by atoms with E-state index in [1.165, 1.54) is 11.9 Å². The number of H-pyrrole nitrogens is 1. The second kappa shape index (κ2) is 12.1. The largest absolute Gasteiger partial charge is 0.502 e. The summed E-state index contributed by atoms with van der Waals surface area (Å²) in [7, 11) is -0.663. The van der Waals surface area contributed by atoms with Gasteiger partial charge in [-0.05, 0) is 49.2 Å². The monoisotopic (exact) mass is 559 g/mol. The number of hydrogen-bond acceptors (Lipinski definition) is 6. The number of benzene rings is 2. The molecule has 2 saturated heterocycles. The Kier molecular flexibility index (Phi) is 8.33. The van der Waals surface area contributed by atoms with E-state index >= 15 is 0 Å². The van der Waals surface area contributed by atoms with Crippen LogP contribution in [-0.4, -0.2) is 77.2 Å². The van der Waals surface area contributed by atoms with Crippen molar-refractivity contribution in [2.24, 2.45) is 0 Å². The third kappa shape index (κ3) is 6.27. The average Bonchev–Trinajstić information content (AvgIpc) is 3.28. The molecule has 2 aliphatic heterocycles. The average molecular weight is 560 g/mol. The second-order valence-electron chi connectivity index (χ2n) is 10.4. The van der Waals surface area contributed by atoms with Crippen LogP contribution in [-0.2, 0) is 23.9 Å². The quantitative estimate of drug-likeness (QED) is 0.450. The summed E-state index contributed by atoms with van der Waals surface area (Å²) in [6.07, 6.45) is 1.23. The molecule has 2 amide bonds. The van der Waals surface area contributed by atoms with Crippen molar-refractivity contribution >= 4 is 16.8 Å². The highest BCUT2D eigenvalue weighted by Gasteiger charge is 2.40. The van der Waals surface area contributed by atoms with Gasteiger partial charge in [-0.15, -0.1) is 0 Å². The molecule has 0 radical (unpaired) electrons. The lowest BCUT2D eigenvalue weighted by atomic mass is 10.0. The van der Waals surface area contributed by atoms with Crippen LogP contribution in [0.15, 0.2) is 59.7 Å². The highest BCUT2D eigenvalue weighted by molar-refractivity contribution is 7.85. The van der Waals surface area contributed by atoms with Crippen LogP contribution < -0.4 is 5.56 Å². The summed E-state index contributed by atoms with van der Waals surface area (Å²) in [5, 5.41) is 10.1. The highest BCUT2D eigenvalue weighted by atomic mass is 32.2. The summed E-state index contributed by atoms with van der Waals surface area (Å²) in [6.45, 7) is 7.02. The molecule has 5 rings (SSSR count). The van der Waals surface area contributed by atoms with E-state index in [1.54, 1.807) is 4.90 Å². The van der Waals surface area contributed by atoms with E-state index in [0.717, 1.165) is 47.8 Å². The second-order valence-corrected chi connectivity index (χ2v) is 12.1. The number of urea groups is 1. The molecule has 2 aliphatic rings. The Morgan fingerprint density at radius 2 is 1.62 bits per heavy atom. The maximum Gasteiger partial charge on any atom is 0.321 e. The molecule has 208 valence electrons. The topological polar surface area (TPSA) is 110 Å². The van der Waals surface area contributed by atoms with Gasteiger partial charge in [0, 0.05) is 65.7 Å². The minimum atomic E-state index is -0.663. The van der Waals surface area contributed by atoms with Crippen LogP contribution in [0.3, 0.4) is 0 Å². The molecule has 1 aromatic heterocycles. The van der Waals surface area contributed by atoms with E-state index < -0.39 is 22.1 Å². The van der Waals surface area contributed by atoms with Crippen LogP contribution in [0, 0.1) is 11.8 Å². The van der Waals surface area contributed by atoms with Gasteiger partial charge in [0.1, 0.15) is 5.69 Å². The predicted octanol–water partition coefficient (Wildman–Crippen LogP) is 2.83. The zero-order valence-corrected chi connectivity index (χ0v) is 23.5. The van der Waals surface area contributed by atoms with Crippen molar-refractivity contribution in [3.63, 3.8) is 0 Å². The van der Waals surface area contributed by atoms with Gasteiger partial charge in [0.25, 0.3) is 5.56 Å². The summed E-state index contributed by atoms with van der Waals surface area (Å²) in [5.41, 5.74) is 3.57. The Hall–Kier alpha value is -3.94. The van der Waals surface area contributed by atoms with Gasteiger partial charge >= 0.3 is 6.03 Å². The fourth-order valence-electron chi connectivity index (χ4n) is 5.09. The fourth-order valence-corrected chi connectivity index (χ4v) is 6.22. The van der Waals surface area contributed by atoms with Crippen LogP contribution >= 0.6 is 0 Å². The predicted molar refractivity (Wildman–Crippen MR) is 154 cm³/mol. The SMILES string of the molecule is CC(C)N1C(=O)N(Cc2nc[nH]c(=O)c2O)CC1c1ccc(C#Cc2ccc(CN3CCS(=O)CC3)cc2)cc1. The normalized spacial score (nSPS) is 18.3. The van der Waals surface area contributed by atoms with Crippen molar-refractivity contribution in [3.05, 3.63) is 93.2 Å². The first-order chi connectivity index (χ1) is 19.3. The molecule has 0 spiro atoms. The molecule has 2 N–H and O–H groups in total. The minimum Gasteiger partial charge on any atom is -0.502 e. The Balaban J connectivity index is 1.24. The molecule has 3 aromatic rings. The zero-order valence-electron chi connectivity index (χ0n) is 22.7. The number of carbonyl (C=O) groups excluding carboxylic acids is 1. The highest BCUT2D eigenvalue weighted by Crippen LogP contribution is 2.33. The first-order valence-electron chi connectivity index (χ1n) is 13.4. The molecule has 9 nitrogen and oxygen atoms in total. The van der Waals surface area contributed by atoms with Gasteiger partial charge in [0.15, 0.2) is 0 Å². The van der Waals surface area contributed by atoms with E-state index in [0.29, 0.717) is 6.54 Å². The first-order valence-corrected chi connectivity index (χ1v) is 14.9. The molecular weight excluding hydrogens is 526 g/mol. The number of nitrogens with one attached hydrogen (secondary N) is 1. The van der Waals surface area contributed by atoms with Crippen LogP contribution in [0.2, 0.25) is 0 Å². The number of rotatable bonds is 6. The van der Waals surface area contributed by atoms with Gasteiger partial charge in [0.2, 0.25) is 5.75 Å². The van der Waals surface area contributed by atoms with Gasteiger partial charge < -0.3 is 19.9 Å². The Morgan fingerprint density at radius 1 is 1.00 bits per heavy atom.